The number of benzene rings is 1. The zero-order valence-electron chi connectivity index (χ0n) is 11.1. The number of hydrogen-bond donors (Lipinski definition) is 1. The summed E-state index contributed by atoms with van der Waals surface area (Å²) < 4.78 is 5.04. The smallest absolute Gasteiger partial charge is 0.291 e. The van der Waals surface area contributed by atoms with Crippen LogP contribution in [0.2, 0.25) is 5.22 Å². The minimum atomic E-state index is -0.369. The minimum Gasteiger partial charge on any atom is -0.440 e. The monoisotopic (exact) mass is 304 g/mol. The second kappa shape index (κ2) is 5.61. The third-order valence-electron chi connectivity index (χ3n) is 3.31. The normalized spacial score (nSPS) is 14.5. The predicted molar refractivity (Wildman–Crippen MR) is 79.7 cm³/mol. The molecule has 0 bridgehead atoms. The number of carbonyl (C=O) groups excluding carboxylic acids is 2. The van der Waals surface area contributed by atoms with Gasteiger partial charge in [0.2, 0.25) is 5.91 Å². The Hall–Kier alpha value is -2.27. The fraction of sp³-hybridized carbons (Fsp3) is 0.200. The molecule has 6 heteroatoms. The van der Waals surface area contributed by atoms with Gasteiger partial charge in [-0.05, 0) is 54.4 Å². The molecule has 2 heterocycles. The number of amides is 2. The molecule has 1 aromatic carbocycles. The number of halogens is 1. The number of furan rings is 1. The van der Waals surface area contributed by atoms with Crippen molar-refractivity contribution < 1.29 is 14.0 Å². The summed E-state index contributed by atoms with van der Waals surface area (Å²) in [5.41, 5.74) is 1.47. The fourth-order valence-electron chi connectivity index (χ4n) is 2.27. The molecular weight excluding hydrogens is 292 g/mol. The van der Waals surface area contributed by atoms with Crippen molar-refractivity contribution in [2.45, 2.75) is 12.8 Å². The minimum absolute atomic E-state index is 0.136. The second-order valence-corrected chi connectivity index (χ2v) is 5.13. The standard InChI is InChI=1S/C15H13ClN2O3/c16-13-8-7-12(21-13)15(20)17-10-3-5-11(6-4-10)18-9-1-2-14(18)19/h3-8H,1-2,9H2,(H,17,20). The van der Waals surface area contributed by atoms with Crippen molar-refractivity contribution in [2.24, 2.45) is 0 Å². The van der Waals surface area contributed by atoms with Gasteiger partial charge in [-0.2, -0.15) is 0 Å². The van der Waals surface area contributed by atoms with Crippen LogP contribution in [0.15, 0.2) is 40.8 Å². The molecule has 0 radical (unpaired) electrons. The lowest BCUT2D eigenvalue weighted by Crippen LogP contribution is -2.23. The third-order valence-corrected chi connectivity index (χ3v) is 3.51. The molecule has 1 N–H and O–H groups in total. The van der Waals surface area contributed by atoms with Crippen LogP contribution in [0.5, 0.6) is 0 Å². The lowest BCUT2D eigenvalue weighted by atomic mass is 10.2. The molecule has 0 saturated carbocycles. The summed E-state index contributed by atoms with van der Waals surface area (Å²) in [7, 11) is 0. The zero-order valence-corrected chi connectivity index (χ0v) is 11.9. The van der Waals surface area contributed by atoms with E-state index >= 15 is 0 Å². The van der Waals surface area contributed by atoms with Gasteiger partial charge in [0, 0.05) is 24.3 Å². The Morgan fingerprint density at radius 1 is 1.19 bits per heavy atom. The number of nitrogens with zero attached hydrogens (tertiary/aromatic N) is 1. The van der Waals surface area contributed by atoms with Gasteiger partial charge >= 0.3 is 0 Å². The molecule has 5 nitrogen and oxygen atoms in total. The van der Waals surface area contributed by atoms with Gasteiger partial charge in [0.15, 0.2) is 11.0 Å². The molecule has 0 unspecified atom stereocenters. The van der Waals surface area contributed by atoms with E-state index in [0.29, 0.717) is 12.1 Å². The van der Waals surface area contributed by atoms with Crippen LogP contribution < -0.4 is 10.2 Å². The molecule has 0 spiro atoms. The van der Waals surface area contributed by atoms with Gasteiger partial charge in [0.1, 0.15) is 0 Å². The molecular formula is C15H13ClN2O3. The first-order valence-electron chi connectivity index (χ1n) is 6.60. The molecule has 2 aromatic rings. The summed E-state index contributed by atoms with van der Waals surface area (Å²) in [5, 5.41) is 2.88. The van der Waals surface area contributed by atoms with Gasteiger partial charge in [-0.1, -0.05) is 0 Å². The van der Waals surface area contributed by atoms with Gasteiger partial charge in [0.25, 0.3) is 5.91 Å². The van der Waals surface area contributed by atoms with E-state index in [1.807, 2.05) is 12.1 Å². The Morgan fingerprint density at radius 2 is 1.95 bits per heavy atom. The number of hydrogen-bond acceptors (Lipinski definition) is 3. The molecule has 0 aliphatic carbocycles. The molecule has 1 aliphatic heterocycles. The first kappa shape index (κ1) is 13.7. The highest BCUT2D eigenvalue weighted by molar-refractivity contribution is 6.29. The van der Waals surface area contributed by atoms with Crippen LogP contribution in [0, 0.1) is 0 Å². The van der Waals surface area contributed by atoms with Gasteiger partial charge in [0.05, 0.1) is 0 Å². The summed E-state index contributed by atoms with van der Waals surface area (Å²) in [6.07, 6.45) is 1.48. The van der Waals surface area contributed by atoms with E-state index in [1.54, 1.807) is 17.0 Å². The summed E-state index contributed by atoms with van der Waals surface area (Å²) >= 11 is 5.63. The van der Waals surface area contributed by atoms with Crippen LogP contribution in [0.25, 0.3) is 0 Å². The molecule has 3 rings (SSSR count). The first-order valence-corrected chi connectivity index (χ1v) is 6.98. The maximum atomic E-state index is 11.9. The SMILES string of the molecule is O=C(Nc1ccc(N2CCCC2=O)cc1)c1ccc(Cl)o1. The second-order valence-electron chi connectivity index (χ2n) is 4.75. The van der Waals surface area contributed by atoms with Gasteiger partial charge in [-0.15, -0.1) is 0 Å². The van der Waals surface area contributed by atoms with Crippen LogP contribution in [0.3, 0.4) is 0 Å². The highest BCUT2D eigenvalue weighted by Crippen LogP contribution is 2.23. The van der Waals surface area contributed by atoms with Crippen LogP contribution in [-0.2, 0) is 4.79 Å². The van der Waals surface area contributed by atoms with E-state index in [-0.39, 0.29) is 22.8 Å². The molecule has 1 aliphatic rings. The number of rotatable bonds is 3. The van der Waals surface area contributed by atoms with E-state index in [1.165, 1.54) is 12.1 Å². The summed E-state index contributed by atoms with van der Waals surface area (Å²) in [6.45, 7) is 0.745. The Kier molecular flexibility index (Phi) is 3.66. The molecule has 21 heavy (non-hydrogen) atoms. The summed E-state index contributed by atoms with van der Waals surface area (Å²) in [4.78, 5) is 25.3. The van der Waals surface area contributed by atoms with Crippen molar-refractivity contribution in [1.29, 1.82) is 0 Å². The Morgan fingerprint density at radius 3 is 2.52 bits per heavy atom. The van der Waals surface area contributed by atoms with Crippen LogP contribution in [-0.4, -0.2) is 18.4 Å². The highest BCUT2D eigenvalue weighted by atomic mass is 35.5. The Balaban J connectivity index is 1.69. The van der Waals surface area contributed by atoms with Crippen LogP contribution in [0.4, 0.5) is 11.4 Å². The average molecular weight is 305 g/mol. The number of carbonyl (C=O) groups is 2. The summed E-state index contributed by atoms with van der Waals surface area (Å²) in [6, 6.07) is 10.2. The Bertz CT molecular complexity index is 678. The van der Waals surface area contributed by atoms with E-state index in [9.17, 15) is 9.59 Å². The van der Waals surface area contributed by atoms with Crippen LogP contribution in [0.1, 0.15) is 23.4 Å². The molecule has 1 saturated heterocycles. The average Bonchev–Trinajstić information content (AvgIpc) is 3.08. The third kappa shape index (κ3) is 2.92. The maximum absolute atomic E-state index is 11.9. The van der Waals surface area contributed by atoms with Crippen molar-refractivity contribution in [3.05, 3.63) is 47.4 Å². The number of anilines is 2. The molecule has 1 fully saturated rings. The van der Waals surface area contributed by atoms with E-state index in [4.69, 9.17) is 16.0 Å². The topological polar surface area (TPSA) is 62.6 Å². The fourth-order valence-corrected chi connectivity index (χ4v) is 2.42. The first-order chi connectivity index (χ1) is 10.1. The maximum Gasteiger partial charge on any atom is 0.291 e. The van der Waals surface area contributed by atoms with Crippen molar-refractivity contribution in [3.63, 3.8) is 0 Å². The van der Waals surface area contributed by atoms with E-state index < -0.39 is 0 Å². The molecule has 1 aromatic heterocycles. The lowest BCUT2D eigenvalue weighted by molar-refractivity contribution is -0.117. The molecule has 0 atom stereocenters. The quantitative estimate of drug-likeness (QED) is 0.946. The number of nitrogens with one attached hydrogen (secondary N) is 1. The van der Waals surface area contributed by atoms with Gasteiger partial charge < -0.3 is 14.6 Å². The van der Waals surface area contributed by atoms with Crippen molar-refractivity contribution in [2.75, 3.05) is 16.8 Å². The zero-order chi connectivity index (χ0) is 14.8. The Labute approximate surface area is 126 Å². The van der Waals surface area contributed by atoms with Crippen molar-refractivity contribution in [1.82, 2.24) is 0 Å². The summed E-state index contributed by atoms with van der Waals surface area (Å²) in [5.74, 6) is -0.0808. The van der Waals surface area contributed by atoms with Gasteiger partial charge in [-0.3, -0.25) is 9.59 Å². The van der Waals surface area contributed by atoms with Gasteiger partial charge in [-0.25, -0.2) is 0 Å². The highest BCUT2D eigenvalue weighted by Gasteiger charge is 2.21. The van der Waals surface area contributed by atoms with Crippen molar-refractivity contribution >= 4 is 34.8 Å². The van der Waals surface area contributed by atoms with E-state index in [2.05, 4.69) is 5.32 Å². The molecule has 2 amide bonds. The van der Waals surface area contributed by atoms with Crippen molar-refractivity contribution in [3.8, 4) is 0 Å². The van der Waals surface area contributed by atoms with E-state index in [0.717, 1.165) is 18.7 Å². The predicted octanol–water partition coefficient (Wildman–Crippen LogP) is 3.31. The largest absolute Gasteiger partial charge is 0.440 e. The molecule has 108 valence electrons. The van der Waals surface area contributed by atoms with Crippen LogP contribution >= 0.6 is 11.6 Å². The lowest BCUT2D eigenvalue weighted by Gasteiger charge is -2.15.